The Morgan fingerprint density at radius 3 is 2.63 bits per heavy atom. The summed E-state index contributed by atoms with van der Waals surface area (Å²) >= 11 is 0. The van der Waals surface area contributed by atoms with Gasteiger partial charge in [0.2, 0.25) is 0 Å². The molecule has 1 aliphatic heterocycles. The van der Waals surface area contributed by atoms with Crippen molar-refractivity contribution in [1.82, 2.24) is 15.1 Å². The largest absolute Gasteiger partial charge is 0.507 e. The Kier molecular flexibility index (Phi) is 5.72. The number of para-hydroxylation sites is 1. The van der Waals surface area contributed by atoms with Gasteiger partial charge in [-0.15, -0.1) is 0 Å². The molecular weight excluding hydrogens is 382 g/mol. The maximum atomic E-state index is 13.2. The van der Waals surface area contributed by atoms with E-state index in [-0.39, 0.29) is 17.7 Å². The van der Waals surface area contributed by atoms with E-state index in [1.54, 1.807) is 25.3 Å². The first-order valence-electron chi connectivity index (χ1n) is 10.0. The fraction of sp³-hybridized carbons (Fsp3) is 0.304. The predicted octanol–water partition coefficient (Wildman–Crippen LogP) is 3.76. The van der Waals surface area contributed by atoms with E-state index in [9.17, 15) is 9.90 Å². The smallest absolute Gasteiger partial charge is 0.273 e. The zero-order valence-corrected chi connectivity index (χ0v) is 17.1. The number of phenols is 1. The van der Waals surface area contributed by atoms with Crippen molar-refractivity contribution in [2.75, 3.05) is 26.9 Å². The highest BCUT2D eigenvalue weighted by atomic mass is 16.5. The molecule has 0 bridgehead atoms. The van der Waals surface area contributed by atoms with E-state index in [0.29, 0.717) is 36.7 Å². The van der Waals surface area contributed by atoms with Gasteiger partial charge in [0.05, 0.1) is 12.6 Å². The van der Waals surface area contributed by atoms with Crippen LogP contribution in [0.3, 0.4) is 0 Å². The molecule has 0 spiro atoms. The molecule has 2 aromatic carbocycles. The second-order valence-corrected chi connectivity index (χ2v) is 7.13. The number of fused-ring (bicyclic) bond motifs is 1. The highest BCUT2D eigenvalue weighted by Crippen LogP contribution is 2.44. The number of aromatic hydroxyl groups is 1. The fourth-order valence-corrected chi connectivity index (χ4v) is 3.95. The van der Waals surface area contributed by atoms with Crippen molar-refractivity contribution in [2.45, 2.75) is 19.4 Å². The van der Waals surface area contributed by atoms with Crippen molar-refractivity contribution in [3.8, 4) is 22.8 Å². The summed E-state index contributed by atoms with van der Waals surface area (Å²) in [5.41, 5.74) is 3.38. The quantitative estimate of drug-likeness (QED) is 0.555. The average Bonchev–Trinajstić information content (AvgIpc) is 3.29. The highest BCUT2D eigenvalue weighted by molar-refractivity contribution is 6.00. The molecule has 7 heteroatoms. The number of ether oxygens (including phenoxy) is 2. The first-order valence-corrected chi connectivity index (χ1v) is 10.0. The van der Waals surface area contributed by atoms with Crippen molar-refractivity contribution >= 4 is 5.91 Å². The van der Waals surface area contributed by atoms with Crippen LogP contribution >= 0.6 is 0 Å². The minimum atomic E-state index is -0.312. The number of hydrogen-bond donors (Lipinski definition) is 2. The molecule has 1 aromatic heterocycles. The summed E-state index contributed by atoms with van der Waals surface area (Å²) in [6.07, 6.45) is 0.722. The maximum Gasteiger partial charge on any atom is 0.273 e. The van der Waals surface area contributed by atoms with Crippen molar-refractivity contribution in [3.63, 3.8) is 0 Å². The summed E-state index contributed by atoms with van der Waals surface area (Å²) < 4.78 is 10.7. The van der Waals surface area contributed by atoms with Crippen LogP contribution < -0.4 is 4.74 Å². The lowest BCUT2D eigenvalue weighted by molar-refractivity contribution is 0.0723. The monoisotopic (exact) mass is 407 g/mol. The van der Waals surface area contributed by atoms with Gasteiger partial charge in [0.15, 0.2) is 0 Å². The molecule has 0 saturated carbocycles. The van der Waals surface area contributed by atoms with Gasteiger partial charge >= 0.3 is 0 Å². The zero-order chi connectivity index (χ0) is 21.1. The number of benzene rings is 2. The molecule has 0 radical (unpaired) electrons. The first-order chi connectivity index (χ1) is 14.7. The number of rotatable bonds is 8. The molecule has 0 aliphatic carbocycles. The first kappa shape index (κ1) is 20.0. The number of phenolic OH excluding ortho intramolecular Hbond substituents is 1. The zero-order valence-electron chi connectivity index (χ0n) is 17.1. The van der Waals surface area contributed by atoms with Crippen molar-refractivity contribution < 1.29 is 19.4 Å². The van der Waals surface area contributed by atoms with Gasteiger partial charge in [-0.25, -0.2) is 0 Å². The highest BCUT2D eigenvalue weighted by Gasteiger charge is 2.42. The maximum absolute atomic E-state index is 13.2. The summed E-state index contributed by atoms with van der Waals surface area (Å²) in [4.78, 5) is 15.0. The van der Waals surface area contributed by atoms with E-state index in [0.717, 1.165) is 23.3 Å². The number of aromatic amines is 1. The summed E-state index contributed by atoms with van der Waals surface area (Å²) in [6, 6.07) is 14.5. The fourth-order valence-electron chi connectivity index (χ4n) is 3.95. The molecule has 3 aromatic rings. The lowest BCUT2D eigenvalue weighted by Crippen LogP contribution is -2.31. The number of methoxy groups -OCH3 is 1. The van der Waals surface area contributed by atoms with Crippen LogP contribution in [0.5, 0.6) is 11.5 Å². The van der Waals surface area contributed by atoms with Crippen LogP contribution in [0.15, 0.2) is 48.5 Å². The number of aromatic nitrogens is 2. The second-order valence-electron chi connectivity index (χ2n) is 7.13. The van der Waals surface area contributed by atoms with Gasteiger partial charge in [0.1, 0.15) is 22.9 Å². The summed E-state index contributed by atoms with van der Waals surface area (Å²) in [5, 5.41) is 17.7. The van der Waals surface area contributed by atoms with E-state index in [1.165, 1.54) is 0 Å². The Hall–Kier alpha value is -3.32. The molecule has 1 amide bonds. The van der Waals surface area contributed by atoms with Crippen molar-refractivity contribution in [3.05, 3.63) is 65.4 Å². The van der Waals surface area contributed by atoms with Gasteiger partial charge in [-0.3, -0.25) is 9.89 Å². The number of H-pyrrole nitrogens is 1. The van der Waals surface area contributed by atoms with Crippen LogP contribution in [0, 0.1) is 0 Å². The Morgan fingerprint density at radius 2 is 1.93 bits per heavy atom. The number of nitrogens with zero attached hydrogens (tertiary/aromatic N) is 2. The number of amides is 1. The van der Waals surface area contributed by atoms with Gasteiger partial charge in [-0.2, -0.15) is 5.10 Å². The molecule has 1 aliphatic rings. The summed E-state index contributed by atoms with van der Waals surface area (Å²) in [5.74, 6) is 0.807. The molecule has 156 valence electrons. The Morgan fingerprint density at radius 1 is 1.17 bits per heavy atom. The topological polar surface area (TPSA) is 87.7 Å². The second kappa shape index (κ2) is 8.59. The average molecular weight is 407 g/mol. The van der Waals surface area contributed by atoms with Gasteiger partial charge in [-0.05, 0) is 43.2 Å². The summed E-state index contributed by atoms with van der Waals surface area (Å²) in [6.45, 7) is 3.65. The summed E-state index contributed by atoms with van der Waals surface area (Å²) in [7, 11) is 1.65. The normalized spacial score (nSPS) is 15.5. The van der Waals surface area contributed by atoms with Crippen LogP contribution in [0.4, 0.5) is 0 Å². The number of nitrogens with one attached hydrogen (secondary N) is 1. The molecule has 0 fully saturated rings. The van der Waals surface area contributed by atoms with E-state index in [1.807, 2.05) is 42.2 Å². The van der Waals surface area contributed by atoms with Crippen molar-refractivity contribution in [1.29, 1.82) is 0 Å². The minimum absolute atomic E-state index is 0.103. The molecule has 0 saturated heterocycles. The van der Waals surface area contributed by atoms with Crippen molar-refractivity contribution in [2.24, 2.45) is 0 Å². The van der Waals surface area contributed by atoms with E-state index >= 15 is 0 Å². The molecular formula is C23H25N3O4. The van der Waals surface area contributed by atoms with Crippen LogP contribution in [0.2, 0.25) is 0 Å². The van der Waals surface area contributed by atoms with Crippen LogP contribution in [-0.4, -0.2) is 53.0 Å². The Balaban J connectivity index is 1.79. The Bertz CT molecular complexity index is 1030. The standard InChI is InChI=1S/C23H25N3O4/c1-3-30-16-11-9-15(10-12-16)22-19-20(17-7-4-5-8-18(17)27)24-25-21(19)23(28)26(22)13-6-14-29-2/h4-5,7-12,22,27H,3,6,13-14H2,1-2H3,(H,24,25)/t22-/m1/s1. The van der Waals surface area contributed by atoms with Gasteiger partial charge in [-0.1, -0.05) is 24.3 Å². The van der Waals surface area contributed by atoms with E-state index < -0.39 is 0 Å². The Labute approximate surface area is 175 Å². The molecule has 1 atom stereocenters. The predicted molar refractivity (Wildman–Crippen MR) is 113 cm³/mol. The molecule has 2 N–H and O–H groups in total. The lowest BCUT2D eigenvalue weighted by atomic mass is 9.95. The van der Waals surface area contributed by atoms with Gasteiger partial charge in [0.25, 0.3) is 5.91 Å². The SMILES string of the molecule is CCOc1ccc([C@@H]2c3c(-c4ccccc4O)n[nH]c3C(=O)N2CCCOC)cc1. The molecule has 7 nitrogen and oxygen atoms in total. The lowest BCUT2D eigenvalue weighted by Gasteiger charge is -2.26. The van der Waals surface area contributed by atoms with Gasteiger partial charge in [0, 0.05) is 31.4 Å². The molecule has 2 heterocycles. The third-order valence-corrected chi connectivity index (χ3v) is 5.28. The van der Waals surface area contributed by atoms with Gasteiger partial charge < -0.3 is 19.5 Å². The third-order valence-electron chi connectivity index (χ3n) is 5.28. The third kappa shape index (κ3) is 3.52. The number of hydrogen-bond acceptors (Lipinski definition) is 5. The molecule has 0 unspecified atom stereocenters. The van der Waals surface area contributed by atoms with Crippen LogP contribution in [0.25, 0.3) is 11.3 Å². The van der Waals surface area contributed by atoms with Crippen LogP contribution in [0.1, 0.15) is 41.0 Å². The van der Waals surface area contributed by atoms with E-state index in [2.05, 4.69) is 10.2 Å². The van der Waals surface area contributed by atoms with E-state index in [4.69, 9.17) is 9.47 Å². The molecule has 30 heavy (non-hydrogen) atoms. The minimum Gasteiger partial charge on any atom is -0.507 e. The number of carbonyl (C=O) groups excluding carboxylic acids is 1. The number of carbonyl (C=O) groups is 1. The molecule has 4 rings (SSSR count). The van der Waals surface area contributed by atoms with Crippen LogP contribution in [-0.2, 0) is 4.74 Å².